The van der Waals surface area contributed by atoms with Crippen LogP contribution in [0.5, 0.6) is 0 Å². The van der Waals surface area contributed by atoms with Gasteiger partial charge in [0.2, 0.25) is 0 Å². The lowest BCUT2D eigenvalue weighted by Crippen LogP contribution is -2.11. The molecule has 6 rings (SSSR count). The van der Waals surface area contributed by atoms with Crippen molar-refractivity contribution in [2.75, 3.05) is 0 Å². The second-order valence-electron chi connectivity index (χ2n) is 8.29. The van der Waals surface area contributed by atoms with Crippen molar-refractivity contribution in [3.05, 3.63) is 110 Å². The first-order valence-corrected chi connectivity index (χ1v) is 13.4. The molecule has 0 unspecified atom stereocenters. The number of aromatic nitrogens is 4. The number of hydrogen-bond donors (Lipinski definition) is 4. The average Bonchev–Trinajstić information content (AvgIpc) is 3.58. The lowest BCUT2D eigenvalue weighted by molar-refractivity contribution is 0.609. The maximum absolute atomic E-state index is 12.0. The minimum Gasteiger partial charge on any atom is -0.355 e. The number of nitrogens with one attached hydrogen (secondary N) is 4. The molecule has 1 aromatic carbocycles. The highest BCUT2D eigenvalue weighted by Gasteiger charge is 2.19. The molecule has 1 aliphatic rings. The van der Waals surface area contributed by atoms with Gasteiger partial charge in [-0.15, -0.1) is 0 Å². The quantitative estimate of drug-likeness (QED) is 0.264. The summed E-state index contributed by atoms with van der Waals surface area (Å²) in [6, 6.07) is 18.8. The normalized spacial score (nSPS) is 12.9. The minimum atomic E-state index is -4.00. The average molecular weight is 521 g/mol. The summed E-state index contributed by atoms with van der Waals surface area (Å²) in [6.07, 6.45) is 8.01. The summed E-state index contributed by atoms with van der Waals surface area (Å²) in [5, 5.41) is 3.63. The fraction of sp³-hybridized carbons (Fsp3) is 0. The highest BCUT2D eigenvalue weighted by atomic mass is 35.7. The van der Waals surface area contributed by atoms with E-state index < -0.39 is 9.05 Å². The summed E-state index contributed by atoms with van der Waals surface area (Å²) in [5.41, 5.74) is 4.99. The van der Waals surface area contributed by atoms with Gasteiger partial charge >= 0.3 is 0 Å². The molecule has 5 heterocycles. The Balaban J connectivity index is 1.64. The first kappa shape index (κ1) is 21.9. The zero-order chi connectivity index (χ0) is 24.2. The Morgan fingerprint density at radius 2 is 1.17 bits per heavy atom. The predicted molar refractivity (Wildman–Crippen MR) is 139 cm³/mol. The SMILES string of the molecule is O=S(=O)(Cl)c1cccc(-c2cc3[nH]c2=Cc2ccc([nH]2)C=c2ccc([nH]2)=Cc2ccc([nH]2)C=3)c1Cl. The van der Waals surface area contributed by atoms with Crippen LogP contribution in [0.1, 0.15) is 22.8 Å². The largest absolute Gasteiger partial charge is 0.355 e. The summed E-state index contributed by atoms with van der Waals surface area (Å²) in [5.74, 6) is 0. The lowest BCUT2D eigenvalue weighted by atomic mass is 10.1. The Morgan fingerprint density at radius 1 is 0.600 bits per heavy atom. The summed E-state index contributed by atoms with van der Waals surface area (Å²) in [7, 11) is 1.62. The van der Waals surface area contributed by atoms with E-state index in [9.17, 15) is 8.42 Å². The molecule has 0 saturated heterocycles. The monoisotopic (exact) mass is 520 g/mol. The van der Waals surface area contributed by atoms with E-state index in [0.717, 1.165) is 49.7 Å². The van der Waals surface area contributed by atoms with Crippen molar-refractivity contribution >= 4 is 55.6 Å². The van der Waals surface area contributed by atoms with Crippen LogP contribution in [0.3, 0.4) is 0 Å². The first-order valence-electron chi connectivity index (χ1n) is 10.7. The molecule has 0 spiro atoms. The molecule has 4 aromatic heterocycles. The van der Waals surface area contributed by atoms with Crippen LogP contribution in [-0.4, -0.2) is 28.4 Å². The standard InChI is InChI=1S/C26H18Cl2N4O2S/c27-26-22(2-1-3-25(26)35(28,33)34)23-13-21-12-19-7-6-17(30-19)10-15-4-5-16(29-15)11-18-8-9-20(31-18)14-24(23)32-21/h1-14,29-32H. The van der Waals surface area contributed by atoms with Crippen LogP contribution >= 0.6 is 22.3 Å². The highest BCUT2D eigenvalue weighted by Crippen LogP contribution is 2.33. The highest BCUT2D eigenvalue weighted by molar-refractivity contribution is 8.13. The van der Waals surface area contributed by atoms with Crippen LogP contribution in [0, 0.1) is 0 Å². The van der Waals surface area contributed by atoms with Gasteiger partial charge in [0.25, 0.3) is 9.05 Å². The summed E-state index contributed by atoms with van der Waals surface area (Å²) >= 11 is 6.54. The number of benzene rings is 1. The molecule has 4 N–H and O–H groups in total. The van der Waals surface area contributed by atoms with Gasteiger partial charge in [0.1, 0.15) is 4.90 Å². The van der Waals surface area contributed by atoms with E-state index in [1.54, 1.807) is 12.1 Å². The number of fused-ring (bicyclic) bond motifs is 8. The van der Waals surface area contributed by atoms with Gasteiger partial charge in [-0.2, -0.15) is 0 Å². The molecule has 35 heavy (non-hydrogen) atoms. The van der Waals surface area contributed by atoms with Crippen molar-refractivity contribution in [2.24, 2.45) is 0 Å². The molecule has 6 nitrogen and oxygen atoms in total. The summed E-state index contributed by atoms with van der Waals surface area (Å²) < 4.78 is 24.1. The Labute approximate surface area is 209 Å². The third kappa shape index (κ3) is 4.30. The maximum Gasteiger partial charge on any atom is 0.262 e. The molecule has 0 saturated carbocycles. The van der Waals surface area contributed by atoms with E-state index >= 15 is 0 Å². The van der Waals surface area contributed by atoms with E-state index in [0.29, 0.717) is 5.56 Å². The molecule has 1 aliphatic heterocycles. The zero-order valence-corrected chi connectivity index (χ0v) is 20.4. The molecule has 5 aromatic rings. The van der Waals surface area contributed by atoms with E-state index in [2.05, 4.69) is 19.9 Å². The smallest absolute Gasteiger partial charge is 0.262 e. The second-order valence-corrected chi connectivity index (χ2v) is 11.2. The number of H-pyrrole nitrogens is 4. The van der Waals surface area contributed by atoms with Crippen molar-refractivity contribution in [1.29, 1.82) is 0 Å². The van der Waals surface area contributed by atoms with Crippen molar-refractivity contribution < 1.29 is 8.42 Å². The van der Waals surface area contributed by atoms with Crippen LogP contribution in [0.4, 0.5) is 0 Å². The Hall–Kier alpha value is -3.65. The van der Waals surface area contributed by atoms with Crippen molar-refractivity contribution in [3.8, 4) is 11.1 Å². The van der Waals surface area contributed by atoms with Crippen molar-refractivity contribution in [2.45, 2.75) is 4.90 Å². The molecule has 0 fully saturated rings. The van der Waals surface area contributed by atoms with Crippen LogP contribution in [0.25, 0.3) is 35.4 Å². The van der Waals surface area contributed by atoms with Gasteiger partial charge in [0.05, 0.1) is 5.02 Å². The van der Waals surface area contributed by atoms with E-state index in [1.165, 1.54) is 6.07 Å². The molecule has 9 heteroatoms. The fourth-order valence-corrected chi connectivity index (χ4v) is 5.87. The fourth-order valence-electron chi connectivity index (χ4n) is 4.27. The van der Waals surface area contributed by atoms with Gasteiger partial charge in [0.15, 0.2) is 0 Å². The Morgan fingerprint density at radius 3 is 1.77 bits per heavy atom. The molecular weight excluding hydrogens is 503 g/mol. The predicted octanol–water partition coefficient (Wildman–Crippen LogP) is 2.88. The van der Waals surface area contributed by atoms with Gasteiger partial charge in [-0.05, 0) is 72.8 Å². The number of rotatable bonds is 2. The molecular formula is C26H18Cl2N4O2S. The zero-order valence-electron chi connectivity index (χ0n) is 18.1. The van der Waals surface area contributed by atoms with Crippen LogP contribution in [0.2, 0.25) is 5.02 Å². The van der Waals surface area contributed by atoms with Gasteiger partial charge in [-0.3, -0.25) is 0 Å². The third-order valence-corrected chi connectivity index (χ3v) is 7.69. The molecule has 0 aliphatic carbocycles. The van der Waals surface area contributed by atoms with Crippen LogP contribution in [-0.2, 0) is 9.05 Å². The van der Waals surface area contributed by atoms with Gasteiger partial charge < -0.3 is 19.9 Å². The second kappa shape index (κ2) is 8.23. The number of aromatic amines is 4. The van der Waals surface area contributed by atoms with Crippen LogP contribution in [0.15, 0.2) is 65.6 Å². The molecule has 8 bridgehead atoms. The molecule has 0 radical (unpaired) electrons. The van der Waals surface area contributed by atoms with Gasteiger partial charge in [-0.1, -0.05) is 23.7 Å². The van der Waals surface area contributed by atoms with Gasteiger partial charge in [-0.25, -0.2) is 8.42 Å². The molecule has 0 amide bonds. The first-order chi connectivity index (χ1) is 16.8. The third-order valence-electron chi connectivity index (χ3n) is 5.81. The molecule has 0 atom stereocenters. The van der Waals surface area contributed by atoms with Crippen molar-refractivity contribution in [3.63, 3.8) is 0 Å². The Kier molecular flexibility index (Phi) is 5.14. The topological polar surface area (TPSA) is 97.3 Å². The molecule has 174 valence electrons. The van der Waals surface area contributed by atoms with Gasteiger partial charge in [0, 0.05) is 66.0 Å². The Bertz CT molecular complexity index is 1960. The van der Waals surface area contributed by atoms with E-state index in [-0.39, 0.29) is 9.92 Å². The minimum absolute atomic E-state index is 0.0770. The number of halogens is 2. The maximum atomic E-state index is 12.0. The summed E-state index contributed by atoms with van der Waals surface area (Å²) in [4.78, 5) is 13.5. The number of hydrogen-bond acceptors (Lipinski definition) is 2. The van der Waals surface area contributed by atoms with E-state index in [1.807, 2.05) is 66.8 Å². The van der Waals surface area contributed by atoms with Crippen molar-refractivity contribution in [1.82, 2.24) is 19.9 Å². The summed E-state index contributed by atoms with van der Waals surface area (Å²) in [6.45, 7) is 0. The van der Waals surface area contributed by atoms with Crippen LogP contribution < -0.4 is 21.4 Å². The lowest BCUT2D eigenvalue weighted by Gasteiger charge is -2.06. The van der Waals surface area contributed by atoms with E-state index in [4.69, 9.17) is 22.3 Å².